The Morgan fingerprint density at radius 2 is 2.18 bits per heavy atom. The number of benzene rings is 1. The molecule has 0 amide bonds. The molecular weight excluding hydrogens is 242 g/mol. The third kappa shape index (κ3) is 3.82. The lowest BCUT2D eigenvalue weighted by molar-refractivity contribution is 0.224. The highest BCUT2D eigenvalue weighted by Gasteiger charge is 2.13. The maximum atomic E-state index is 8.50. The van der Waals surface area contributed by atoms with Crippen LogP contribution in [0.3, 0.4) is 0 Å². The van der Waals surface area contributed by atoms with Gasteiger partial charge in [-0.3, -0.25) is 0 Å². The highest BCUT2D eigenvalue weighted by Crippen LogP contribution is 2.37. The minimum atomic E-state index is 0.00376. The molecule has 0 saturated carbocycles. The van der Waals surface area contributed by atoms with Crippen LogP contribution in [-0.4, -0.2) is 24.1 Å². The SMILES string of the molecule is CCOc1cc(/C=N\O)cc(Cl)c1OC(C)C. The van der Waals surface area contributed by atoms with Gasteiger partial charge in [-0.25, -0.2) is 0 Å². The molecule has 0 spiro atoms. The molecule has 0 aliphatic heterocycles. The van der Waals surface area contributed by atoms with Gasteiger partial charge in [0.15, 0.2) is 11.5 Å². The average molecular weight is 258 g/mol. The van der Waals surface area contributed by atoms with Gasteiger partial charge in [-0.2, -0.15) is 0 Å². The highest BCUT2D eigenvalue weighted by molar-refractivity contribution is 6.32. The van der Waals surface area contributed by atoms with E-state index in [4.69, 9.17) is 26.3 Å². The molecule has 0 bridgehead atoms. The van der Waals surface area contributed by atoms with Crippen LogP contribution >= 0.6 is 11.6 Å². The first kappa shape index (κ1) is 13.6. The van der Waals surface area contributed by atoms with Crippen molar-refractivity contribution >= 4 is 17.8 Å². The number of oxime groups is 1. The monoisotopic (exact) mass is 257 g/mol. The first-order valence-electron chi connectivity index (χ1n) is 5.38. The normalized spacial score (nSPS) is 11.1. The minimum absolute atomic E-state index is 0.00376. The lowest BCUT2D eigenvalue weighted by atomic mass is 10.2. The maximum Gasteiger partial charge on any atom is 0.180 e. The van der Waals surface area contributed by atoms with Crippen molar-refractivity contribution in [3.8, 4) is 11.5 Å². The Labute approximate surface area is 106 Å². The molecule has 1 aromatic rings. The standard InChI is InChI=1S/C12H16ClNO3/c1-4-16-11-6-9(7-14-15)5-10(13)12(11)17-8(2)3/h5-8,15H,4H2,1-3H3/b14-7-. The summed E-state index contributed by atoms with van der Waals surface area (Å²) in [7, 11) is 0. The van der Waals surface area contributed by atoms with Gasteiger partial charge in [-0.1, -0.05) is 16.8 Å². The molecule has 17 heavy (non-hydrogen) atoms. The molecule has 0 unspecified atom stereocenters. The van der Waals surface area contributed by atoms with Gasteiger partial charge in [0.1, 0.15) is 0 Å². The van der Waals surface area contributed by atoms with Crippen molar-refractivity contribution in [1.82, 2.24) is 0 Å². The quantitative estimate of drug-likeness (QED) is 0.500. The summed E-state index contributed by atoms with van der Waals surface area (Å²) in [4.78, 5) is 0. The first-order valence-corrected chi connectivity index (χ1v) is 5.76. The molecule has 0 fully saturated rings. The third-order valence-corrected chi connectivity index (χ3v) is 2.17. The predicted molar refractivity (Wildman–Crippen MR) is 67.8 cm³/mol. The van der Waals surface area contributed by atoms with Crippen LogP contribution in [0.4, 0.5) is 0 Å². The van der Waals surface area contributed by atoms with E-state index >= 15 is 0 Å². The third-order valence-electron chi connectivity index (χ3n) is 1.89. The van der Waals surface area contributed by atoms with Crippen molar-refractivity contribution in [2.75, 3.05) is 6.61 Å². The molecule has 0 heterocycles. The fraction of sp³-hybridized carbons (Fsp3) is 0.417. The van der Waals surface area contributed by atoms with Crippen LogP contribution in [0.2, 0.25) is 5.02 Å². The summed E-state index contributed by atoms with van der Waals surface area (Å²) in [5.74, 6) is 1.06. The van der Waals surface area contributed by atoms with Gasteiger partial charge in [0.2, 0.25) is 0 Å². The molecule has 4 nitrogen and oxygen atoms in total. The summed E-state index contributed by atoms with van der Waals surface area (Å²) in [6, 6.07) is 3.37. The number of hydrogen-bond donors (Lipinski definition) is 1. The highest BCUT2D eigenvalue weighted by atomic mass is 35.5. The topological polar surface area (TPSA) is 51.0 Å². The molecule has 1 rings (SSSR count). The molecule has 5 heteroatoms. The van der Waals surface area contributed by atoms with E-state index in [1.165, 1.54) is 6.21 Å². The van der Waals surface area contributed by atoms with Crippen LogP contribution in [0.5, 0.6) is 11.5 Å². The summed E-state index contributed by atoms with van der Waals surface area (Å²) >= 11 is 6.10. The van der Waals surface area contributed by atoms with Gasteiger partial charge >= 0.3 is 0 Å². The van der Waals surface area contributed by atoms with Gasteiger partial charge in [0.05, 0.1) is 23.9 Å². The zero-order chi connectivity index (χ0) is 12.8. The number of nitrogens with zero attached hydrogens (tertiary/aromatic N) is 1. The molecule has 94 valence electrons. The van der Waals surface area contributed by atoms with E-state index in [0.717, 1.165) is 0 Å². The van der Waals surface area contributed by atoms with Crippen LogP contribution in [0, 0.1) is 0 Å². The van der Waals surface area contributed by atoms with E-state index < -0.39 is 0 Å². The molecule has 1 aromatic carbocycles. The summed E-state index contributed by atoms with van der Waals surface area (Å²) in [6.45, 7) is 6.20. The second-order valence-electron chi connectivity index (χ2n) is 3.67. The number of ether oxygens (including phenoxy) is 2. The van der Waals surface area contributed by atoms with E-state index in [0.29, 0.717) is 28.7 Å². The Bertz CT molecular complexity index is 405. The lowest BCUT2D eigenvalue weighted by Gasteiger charge is -2.16. The van der Waals surface area contributed by atoms with Crippen molar-refractivity contribution in [2.24, 2.45) is 5.16 Å². The fourth-order valence-corrected chi connectivity index (χ4v) is 1.61. The molecule has 0 aliphatic rings. The Balaban J connectivity index is 3.17. The number of rotatable bonds is 5. The second kappa shape index (κ2) is 6.35. The number of halogens is 1. The van der Waals surface area contributed by atoms with Gasteiger partial charge in [0, 0.05) is 5.56 Å². The maximum absolute atomic E-state index is 8.50. The van der Waals surface area contributed by atoms with Crippen LogP contribution in [0.15, 0.2) is 17.3 Å². The molecule has 0 atom stereocenters. The van der Waals surface area contributed by atoms with Gasteiger partial charge < -0.3 is 14.7 Å². The van der Waals surface area contributed by atoms with Gasteiger partial charge in [0.25, 0.3) is 0 Å². The fourth-order valence-electron chi connectivity index (χ4n) is 1.34. The number of hydrogen-bond acceptors (Lipinski definition) is 4. The zero-order valence-electron chi connectivity index (χ0n) is 10.1. The Morgan fingerprint density at radius 1 is 1.47 bits per heavy atom. The predicted octanol–water partition coefficient (Wildman–Crippen LogP) is 3.33. The summed E-state index contributed by atoms with van der Waals surface area (Å²) in [6.07, 6.45) is 1.29. The lowest BCUT2D eigenvalue weighted by Crippen LogP contribution is -2.08. The zero-order valence-corrected chi connectivity index (χ0v) is 10.9. The van der Waals surface area contributed by atoms with E-state index in [-0.39, 0.29) is 6.10 Å². The molecule has 0 saturated heterocycles. The molecule has 0 aromatic heterocycles. The summed E-state index contributed by atoms with van der Waals surface area (Å²) < 4.78 is 11.1. The molecule has 1 N–H and O–H groups in total. The Kier molecular flexibility index (Phi) is 5.10. The van der Waals surface area contributed by atoms with Crippen molar-refractivity contribution in [2.45, 2.75) is 26.9 Å². The largest absolute Gasteiger partial charge is 0.490 e. The van der Waals surface area contributed by atoms with Gasteiger partial charge in [-0.15, -0.1) is 0 Å². The van der Waals surface area contributed by atoms with E-state index in [2.05, 4.69) is 5.16 Å². The summed E-state index contributed by atoms with van der Waals surface area (Å²) in [5.41, 5.74) is 0.650. The Hall–Kier alpha value is -1.42. The van der Waals surface area contributed by atoms with Crippen LogP contribution in [0.1, 0.15) is 26.3 Å². The molecule has 0 aliphatic carbocycles. The van der Waals surface area contributed by atoms with Crippen molar-refractivity contribution in [3.63, 3.8) is 0 Å². The van der Waals surface area contributed by atoms with E-state index in [1.807, 2.05) is 20.8 Å². The molecular formula is C12H16ClNO3. The second-order valence-corrected chi connectivity index (χ2v) is 4.08. The van der Waals surface area contributed by atoms with Gasteiger partial charge in [-0.05, 0) is 32.9 Å². The molecule has 0 radical (unpaired) electrons. The van der Waals surface area contributed by atoms with Crippen LogP contribution in [0.25, 0.3) is 0 Å². The van der Waals surface area contributed by atoms with Crippen molar-refractivity contribution in [3.05, 3.63) is 22.7 Å². The average Bonchev–Trinajstić information content (AvgIpc) is 2.23. The summed E-state index contributed by atoms with van der Waals surface area (Å²) in [5, 5.41) is 11.9. The smallest absolute Gasteiger partial charge is 0.180 e. The first-order chi connectivity index (χ1) is 8.08. The van der Waals surface area contributed by atoms with Crippen molar-refractivity contribution < 1.29 is 14.7 Å². The van der Waals surface area contributed by atoms with E-state index in [9.17, 15) is 0 Å². The van der Waals surface area contributed by atoms with Crippen LogP contribution < -0.4 is 9.47 Å². The van der Waals surface area contributed by atoms with E-state index in [1.54, 1.807) is 12.1 Å². The van der Waals surface area contributed by atoms with Crippen molar-refractivity contribution in [1.29, 1.82) is 0 Å². The Morgan fingerprint density at radius 3 is 2.71 bits per heavy atom. The van der Waals surface area contributed by atoms with Crippen LogP contribution in [-0.2, 0) is 0 Å². The minimum Gasteiger partial charge on any atom is -0.490 e.